The van der Waals surface area contributed by atoms with Crippen LogP contribution in [-0.2, 0) is 22.9 Å². The molecule has 4 nitrogen and oxygen atoms in total. The van der Waals surface area contributed by atoms with Crippen molar-refractivity contribution < 1.29 is 8.42 Å². The van der Waals surface area contributed by atoms with Crippen LogP contribution in [0.15, 0.2) is 23.1 Å². The third-order valence-electron chi connectivity index (χ3n) is 3.28. The Morgan fingerprint density at radius 2 is 1.89 bits per heavy atom. The van der Waals surface area contributed by atoms with E-state index in [2.05, 4.69) is 10.0 Å². The van der Waals surface area contributed by atoms with E-state index in [4.69, 9.17) is 0 Å². The molecule has 6 heteroatoms. The first-order valence-electron chi connectivity index (χ1n) is 6.39. The molecule has 2 rings (SSSR count). The van der Waals surface area contributed by atoms with Gasteiger partial charge in [0.2, 0.25) is 10.0 Å². The van der Waals surface area contributed by atoms with Crippen LogP contribution in [0.4, 0.5) is 0 Å². The van der Waals surface area contributed by atoms with Gasteiger partial charge in [-0.25, -0.2) is 13.1 Å². The fourth-order valence-corrected chi connectivity index (χ4v) is 3.39. The zero-order valence-electron chi connectivity index (χ0n) is 11.1. The van der Waals surface area contributed by atoms with Crippen LogP contribution in [0.2, 0.25) is 0 Å². The Morgan fingerprint density at radius 3 is 2.63 bits per heavy atom. The summed E-state index contributed by atoms with van der Waals surface area (Å²) in [6.07, 6.45) is 4.00. The summed E-state index contributed by atoms with van der Waals surface area (Å²) in [5.41, 5.74) is 2.48. The summed E-state index contributed by atoms with van der Waals surface area (Å²) in [6.45, 7) is 1.28. The topological polar surface area (TPSA) is 58.2 Å². The van der Waals surface area contributed by atoms with Crippen molar-refractivity contribution >= 4 is 22.4 Å². The van der Waals surface area contributed by atoms with E-state index >= 15 is 0 Å². The minimum Gasteiger partial charge on any atom is -0.320 e. The molecular weight excluding hydrogens is 284 g/mol. The van der Waals surface area contributed by atoms with Gasteiger partial charge in [-0.3, -0.25) is 0 Å². The number of halogens is 1. The van der Waals surface area contributed by atoms with Crippen molar-refractivity contribution in [2.45, 2.75) is 30.6 Å². The highest BCUT2D eigenvalue weighted by Gasteiger charge is 2.17. The van der Waals surface area contributed by atoms with Gasteiger partial charge < -0.3 is 5.32 Å². The van der Waals surface area contributed by atoms with E-state index in [1.54, 1.807) is 6.07 Å². The Kier molecular flexibility index (Phi) is 6.26. The quantitative estimate of drug-likeness (QED) is 0.783. The summed E-state index contributed by atoms with van der Waals surface area (Å²) in [5, 5.41) is 2.99. The third kappa shape index (κ3) is 4.18. The molecule has 0 atom stereocenters. The molecule has 0 unspecified atom stereocenters. The number of fused-ring (bicyclic) bond motifs is 1. The number of hydrogen-bond acceptors (Lipinski definition) is 3. The maximum absolute atomic E-state index is 12.1. The second-order valence-electron chi connectivity index (χ2n) is 4.64. The van der Waals surface area contributed by atoms with E-state index in [9.17, 15) is 8.42 Å². The molecule has 0 aliphatic heterocycles. The summed E-state index contributed by atoms with van der Waals surface area (Å²) in [4.78, 5) is 0.396. The fraction of sp³-hybridized carbons (Fsp3) is 0.538. The molecule has 19 heavy (non-hydrogen) atoms. The summed E-state index contributed by atoms with van der Waals surface area (Å²) < 4.78 is 26.8. The minimum atomic E-state index is -3.34. The van der Waals surface area contributed by atoms with Gasteiger partial charge in [0, 0.05) is 6.54 Å². The summed E-state index contributed by atoms with van der Waals surface area (Å²) in [5.74, 6) is 0. The van der Waals surface area contributed by atoms with Crippen molar-refractivity contribution in [1.29, 1.82) is 0 Å². The molecule has 1 aliphatic carbocycles. The zero-order valence-corrected chi connectivity index (χ0v) is 12.7. The lowest BCUT2D eigenvalue weighted by molar-refractivity contribution is 0.577. The Hall–Kier alpha value is -0.620. The molecule has 0 bridgehead atoms. The molecule has 0 saturated carbocycles. The first-order chi connectivity index (χ1) is 8.63. The van der Waals surface area contributed by atoms with E-state index in [0.29, 0.717) is 11.4 Å². The van der Waals surface area contributed by atoms with Gasteiger partial charge in [-0.05, 0) is 62.5 Å². The predicted octanol–water partition coefficient (Wildman–Crippen LogP) is 1.48. The van der Waals surface area contributed by atoms with Crippen molar-refractivity contribution in [2.75, 3.05) is 20.1 Å². The molecule has 0 fully saturated rings. The molecule has 0 heterocycles. The highest BCUT2D eigenvalue weighted by atomic mass is 35.5. The molecule has 0 radical (unpaired) electrons. The molecule has 0 spiro atoms. The van der Waals surface area contributed by atoms with Gasteiger partial charge >= 0.3 is 0 Å². The third-order valence-corrected chi connectivity index (χ3v) is 4.73. The molecule has 0 aromatic heterocycles. The summed E-state index contributed by atoms with van der Waals surface area (Å²) in [6, 6.07) is 5.48. The van der Waals surface area contributed by atoms with Crippen LogP contribution < -0.4 is 10.0 Å². The lowest BCUT2D eigenvalue weighted by atomic mass is 10.1. The van der Waals surface area contributed by atoms with Gasteiger partial charge in [0.1, 0.15) is 0 Å². The average Bonchev–Trinajstić information content (AvgIpc) is 2.82. The predicted molar refractivity (Wildman–Crippen MR) is 79.4 cm³/mol. The molecule has 0 saturated heterocycles. The average molecular weight is 305 g/mol. The molecule has 2 N–H and O–H groups in total. The van der Waals surface area contributed by atoms with Gasteiger partial charge in [0.05, 0.1) is 4.90 Å². The second-order valence-corrected chi connectivity index (χ2v) is 6.41. The highest BCUT2D eigenvalue weighted by Crippen LogP contribution is 2.24. The smallest absolute Gasteiger partial charge is 0.240 e. The molecule has 108 valence electrons. The number of nitrogens with one attached hydrogen (secondary N) is 2. The van der Waals surface area contributed by atoms with Gasteiger partial charge in [0.15, 0.2) is 0 Å². The van der Waals surface area contributed by atoms with E-state index < -0.39 is 10.0 Å². The molecule has 1 aromatic carbocycles. The fourth-order valence-electron chi connectivity index (χ4n) is 2.27. The number of sulfonamides is 1. The lowest BCUT2D eigenvalue weighted by Crippen LogP contribution is -2.26. The second kappa shape index (κ2) is 7.24. The van der Waals surface area contributed by atoms with Gasteiger partial charge in [-0.2, -0.15) is 0 Å². The molecule has 0 amide bonds. The monoisotopic (exact) mass is 304 g/mol. The van der Waals surface area contributed by atoms with Crippen LogP contribution in [0.25, 0.3) is 0 Å². The summed E-state index contributed by atoms with van der Waals surface area (Å²) in [7, 11) is -1.48. The Labute approximate surface area is 121 Å². The largest absolute Gasteiger partial charge is 0.320 e. The van der Waals surface area contributed by atoms with Crippen LogP contribution >= 0.6 is 12.4 Å². The van der Waals surface area contributed by atoms with Crippen molar-refractivity contribution in [3.63, 3.8) is 0 Å². The lowest BCUT2D eigenvalue weighted by Gasteiger charge is -2.08. The number of hydrogen-bond donors (Lipinski definition) is 2. The SMILES string of the molecule is CNCCCNS(=O)(=O)c1ccc2c(c1)CCC2.Cl. The standard InChI is InChI=1S/C13H20N2O2S.ClH/c1-14-8-3-9-15-18(16,17)13-7-6-11-4-2-5-12(11)10-13;/h6-7,10,14-15H,2-5,8-9H2,1H3;1H. The van der Waals surface area contributed by atoms with Crippen LogP contribution in [0.5, 0.6) is 0 Å². The van der Waals surface area contributed by atoms with Crippen LogP contribution in [-0.4, -0.2) is 28.6 Å². The number of benzene rings is 1. The highest BCUT2D eigenvalue weighted by molar-refractivity contribution is 7.89. The van der Waals surface area contributed by atoms with Crippen molar-refractivity contribution in [1.82, 2.24) is 10.0 Å². The maximum atomic E-state index is 12.1. The first-order valence-corrected chi connectivity index (χ1v) is 7.88. The normalized spacial score (nSPS) is 13.9. The van der Waals surface area contributed by atoms with E-state index in [1.165, 1.54) is 11.1 Å². The van der Waals surface area contributed by atoms with Crippen molar-refractivity contribution in [3.8, 4) is 0 Å². The van der Waals surface area contributed by atoms with Gasteiger partial charge in [0.25, 0.3) is 0 Å². The molecule has 1 aliphatic rings. The number of aryl methyl sites for hydroxylation is 2. The van der Waals surface area contributed by atoms with Crippen molar-refractivity contribution in [3.05, 3.63) is 29.3 Å². The molecule has 1 aromatic rings. The Bertz CT molecular complexity index is 517. The first kappa shape index (κ1) is 16.4. The van der Waals surface area contributed by atoms with Crippen molar-refractivity contribution in [2.24, 2.45) is 0 Å². The van der Waals surface area contributed by atoms with E-state index in [1.807, 2.05) is 19.2 Å². The zero-order chi connectivity index (χ0) is 13.0. The summed E-state index contributed by atoms with van der Waals surface area (Å²) >= 11 is 0. The van der Waals surface area contributed by atoms with E-state index in [0.717, 1.165) is 32.2 Å². The minimum absolute atomic E-state index is 0. The molecular formula is C13H21ClN2O2S. The Morgan fingerprint density at radius 1 is 1.16 bits per heavy atom. The van der Waals surface area contributed by atoms with E-state index in [-0.39, 0.29) is 12.4 Å². The van der Waals surface area contributed by atoms with Crippen LogP contribution in [0, 0.1) is 0 Å². The number of rotatable bonds is 6. The Balaban J connectivity index is 0.00000180. The van der Waals surface area contributed by atoms with Gasteiger partial charge in [-0.1, -0.05) is 6.07 Å². The van der Waals surface area contributed by atoms with Gasteiger partial charge in [-0.15, -0.1) is 12.4 Å². The van der Waals surface area contributed by atoms with Crippen LogP contribution in [0.1, 0.15) is 24.0 Å². The van der Waals surface area contributed by atoms with Crippen LogP contribution in [0.3, 0.4) is 0 Å². The maximum Gasteiger partial charge on any atom is 0.240 e.